The third-order valence-electron chi connectivity index (χ3n) is 5.10. The van der Waals surface area contributed by atoms with Gasteiger partial charge in [-0.05, 0) is 31.0 Å². The van der Waals surface area contributed by atoms with Crippen molar-refractivity contribution in [1.82, 2.24) is 15.2 Å². The third kappa shape index (κ3) is 3.10. The molecule has 132 valence electrons. The Kier molecular flexibility index (Phi) is 4.37. The molecule has 2 heterocycles. The van der Waals surface area contributed by atoms with Gasteiger partial charge in [-0.2, -0.15) is 5.10 Å². The zero-order valence-electron chi connectivity index (χ0n) is 13.7. The van der Waals surface area contributed by atoms with Crippen molar-refractivity contribution in [3.63, 3.8) is 0 Å². The molecule has 1 aromatic carbocycles. The Morgan fingerprint density at radius 3 is 2.92 bits per heavy atom. The van der Waals surface area contributed by atoms with Crippen LogP contribution in [0.25, 0.3) is 0 Å². The molecule has 2 N–H and O–H groups in total. The van der Waals surface area contributed by atoms with E-state index >= 15 is 0 Å². The standard InChI is InChI=1S/C17H20BrN5O2/c18-11-4-3-5-12(8-11)20-15(24)9-22-13-6-1-2-7-14(13)23-10-19-21-16(23)17(22)25/h3-5,8,10,13-14,16,21H,1-2,6-7,9H2,(H,20,24). The predicted octanol–water partition coefficient (Wildman–Crippen LogP) is 1.72. The number of nitrogens with one attached hydrogen (secondary N) is 2. The number of fused-ring (bicyclic) bond motifs is 3. The minimum Gasteiger partial charge on any atom is -0.327 e. The van der Waals surface area contributed by atoms with E-state index < -0.39 is 6.17 Å². The fraction of sp³-hybridized carbons (Fsp3) is 0.471. The Hall–Kier alpha value is -2.09. The van der Waals surface area contributed by atoms with E-state index in [1.807, 2.05) is 29.2 Å². The maximum absolute atomic E-state index is 12.9. The normalized spacial score (nSPS) is 27.6. The molecule has 3 unspecified atom stereocenters. The molecule has 8 heteroatoms. The van der Waals surface area contributed by atoms with Gasteiger partial charge in [0.15, 0.2) is 6.17 Å². The first-order valence-electron chi connectivity index (χ1n) is 8.55. The third-order valence-corrected chi connectivity index (χ3v) is 5.60. The van der Waals surface area contributed by atoms with E-state index in [0.29, 0.717) is 5.69 Å². The highest BCUT2D eigenvalue weighted by Gasteiger charge is 2.48. The molecule has 3 aliphatic rings. The quantitative estimate of drug-likeness (QED) is 0.802. The summed E-state index contributed by atoms with van der Waals surface area (Å²) in [5.41, 5.74) is 3.58. The van der Waals surface area contributed by atoms with E-state index in [-0.39, 0.29) is 30.4 Å². The highest BCUT2D eigenvalue weighted by Crippen LogP contribution is 2.33. The van der Waals surface area contributed by atoms with Crippen molar-refractivity contribution in [3.8, 4) is 0 Å². The highest BCUT2D eigenvalue weighted by atomic mass is 79.9. The molecular formula is C17H20BrN5O2. The molecule has 7 nitrogen and oxygen atoms in total. The number of anilines is 1. The largest absolute Gasteiger partial charge is 0.327 e. The van der Waals surface area contributed by atoms with Crippen LogP contribution in [-0.2, 0) is 9.59 Å². The molecule has 2 fully saturated rings. The number of amides is 2. The molecule has 1 aliphatic carbocycles. The van der Waals surface area contributed by atoms with E-state index in [0.717, 1.165) is 30.2 Å². The molecule has 2 amide bonds. The van der Waals surface area contributed by atoms with Crippen molar-refractivity contribution in [1.29, 1.82) is 0 Å². The van der Waals surface area contributed by atoms with E-state index in [1.165, 1.54) is 0 Å². The van der Waals surface area contributed by atoms with Gasteiger partial charge in [-0.25, -0.2) is 0 Å². The topological polar surface area (TPSA) is 77.0 Å². The van der Waals surface area contributed by atoms with Gasteiger partial charge in [0.2, 0.25) is 5.91 Å². The van der Waals surface area contributed by atoms with Crippen molar-refractivity contribution < 1.29 is 9.59 Å². The summed E-state index contributed by atoms with van der Waals surface area (Å²) < 4.78 is 0.898. The molecule has 1 aromatic rings. The van der Waals surface area contributed by atoms with Gasteiger partial charge in [0, 0.05) is 10.2 Å². The second-order valence-electron chi connectivity index (χ2n) is 6.67. The van der Waals surface area contributed by atoms with Gasteiger partial charge in [-0.3, -0.25) is 15.0 Å². The Labute approximate surface area is 154 Å². The summed E-state index contributed by atoms with van der Waals surface area (Å²) >= 11 is 3.39. The minimum atomic E-state index is -0.474. The molecule has 0 bridgehead atoms. The Morgan fingerprint density at radius 1 is 1.32 bits per heavy atom. The lowest BCUT2D eigenvalue weighted by atomic mass is 9.85. The van der Waals surface area contributed by atoms with Crippen LogP contribution in [0, 0.1) is 0 Å². The summed E-state index contributed by atoms with van der Waals surface area (Å²) in [5, 5.41) is 6.94. The van der Waals surface area contributed by atoms with Crippen LogP contribution >= 0.6 is 15.9 Å². The molecule has 1 saturated heterocycles. The van der Waals surface area contributed by atoms with Gasteiger partial charge in [0.05, 0.1) is 12.1 Å². The lowest BCUT2D eigenvalue weighted by Crippen LogP contribution is -2.68. The van der Waals surface area contributed by atoms with E-state index in [2.05, 4.69) is 31.8 Å². The lowest BCUT2D eigenvalue weighted by Gasteiger charge is -2.50. The molecule has 25 heavy (non-hydrogen) atoms. The number of carbonyl (C=O) groups excluding carboxylic acids is 2. The summed E-state index contributed by atoms with van der Waals surface area (Å²) in [7, 11) is 0. The maximum Gasteiger partial charge on any atom is 0.268 e. The molecule has 0 radical (unpaired) electrons. The summed E-state index contributed by atoms with van der Waals surface area (Å²) in [4.78, 5) is 29.1. The van der Waals surface area contributed by atoms with Gasteiger partial charge in [-0.1, -0.05) is 34.8 Å². The lowest BCUT2D eigenvalue weighted by molar-refractivity contribution is -0.151. The molecule has 0 aromatic heterocycles. The van der Waals surface area contributed by atoms with Crippen LogP contribution in [0.1, 0.15) is 25.7 Å². The van der Waals surface area contributed by atoms with Crippen LogP contribution in [0.3, 0.4) is 0 Å². The summed E-state index contributed by atoms with van der Waals surface area (Å²) in [5.74, 6) is -0.256. The van der Waals surface area contributed by atoms with Crippen molar-refractivity contribution in [3.05, 3.63) is 28.7 Å². The van der Waals surface area contributed by atoms with Crippen LogP contribution in [-0.4, -0.2) is 52.7 Å². The Balaban J connectivity index is 1.50. The van der Waals surface area contributed by atoms with Crippen LogP contribution in [0.4, 0.5) is 5.69 Å². The Bertz CT molecular complexity index is 725. The molecule has 3 atom stereocenters. The monoisotopic (exact) mass is 405 g/mol. The summed E-state index contributed by atoms with van der Waals surface area (Å²) in [6.45, 7) is 0.0680. The van der Waals surface area contributed by atoms with Crippen LogP contribution in [0.2, 0.25) is 0 Å². The zero-order chi connectivity index (χ0) is 17.4. The Morgan fingerprint density at radius 2 is 2.12 bits per heavy atom. The minimum absolute atomic E-state index is 0.0668. The summed E-state index contributed by atoms with van der Waals surface area (Å²) in [6, 6.07) is 7.73. The van der Waals surface area contributed by atoms with Gasteiger partial charge in [0.1, 0.15) is 12.9 Å². The van der Waals surface area contributed by atoms with E-state index in [1.54, 1.807) is 11.2 Å². The van der Waals surface area contributed by atoms with Crippen LogP contribution in [0.15, 0.2) is 33.8 Å². The van der Waals surface area contributed by atoms with Crippen molar-refractivity contribution in [2.45, 2.75) is 43.9 Å². The molecule has 0 spiro atoms. The average Bonchev–Trinajstić information content (AvgIpc) is 3.09. The number of hydrogen-bond donors (Lipinski definition) is 2. The molecule has 2 aliphatic heterocycles. The smallest absolute Gasteiger partial charge is 0.268 e. The number of rotatable bonds is 3. The number of carbonyl (C=O) groups is 2. The van der Waals surface area contributed by atoms with Crippen LogP contribution in [0.5, 0.6) is 0 Å². The molecule has 4 rings (SSSR count). The highest BCUT2D eigenvalue weighted by molar-refractivity contribution is 9.10. The first kappa shape index (κ1) is 16.4. The van der Waals surface area contributed by atoms with E-state index in [4.69, 9.17) is 0 Å². The van der Waals surface area contributed by atoms with Gasteiger partial charge >= 0.3 is 0 Å². The van der Waals surface area contributed by atoms with Gasteiger partial charge in [-0.15, -0.1) is 0 Å². The van der Waals surface area contributed by atoms with Crippen LogP contribution < -0.4 is 10.7 Å². The van der Waals surface area contributed by atoms with Gasteiger partial charge in [0.25, 0.3) is 5.91 Å². The SMILES string of the molecule is O=C(CN1C(=O)C2NN=CN2C2CCCCC21)Nc1cccc(Br)c1. The fourth-order valence-electron chi connectivity index (χ4n) is 4.00. The second kappa shape index (κ2) is 6.67. The number of benzene rings is 1. The number of hydrazone groups is 1. The number of halogens is 1. The maximum atomic E-state index is 12.9. The zero-order valence-corrected chi connectivity index (χ0v) is 15.3. The first-order valence-corrected chi connectivity index (χ1v) is 9.35. The van der Waals surface area contributed by atoms with Crippen molar-refractivity contribution in [2.24, 2.45) is 5.10 Å². The number of nitrogens with zero attached hydrogens (tertiary/aromatic N) is 3. The fourth-order valence-corrected chi connectivity index (χ4v) is 4.40. The predicted molar refractivity (Wildman–Crippen MR) is 97.8 cm³/mol. The number of hydrogen-bond acceptors (Lipinski definition) is 5. The van der Waals surface area contributed by atoms with Crippen molar-refractivity contribution >= 4 is 39.8 Å². The van der Waals surface area contributed by atoms with Gasteiger partial charge < -0.3 is 15.1 Å². The molecule has 1 saturated carbocycles. The second-order valence-corrected chi connectivity index (χ2v) is 7.58. The van der Waals surface area contributed by atoms with E-state index in [9.17, 15) is 9.59 Å². The average molecular weight is 406 g/mol. The summed E-state index contributed by atoms with van der Waals surface area (Å²) in [6.07, 6.45) is 5.43. The molecular weight excluding hydrogens is 386 g/mol. The van der Waals surface area contributed by atoms with Crippen molar-refractivity contribution in [2.75, 3.05) is 11.9 Å². The first-order chi connectivity index (χ1) is 12.1. The number of piperazine rings is 1.